The van der Waals surface area contributed by atoms with Crippen LogP contribution in [0.2, 0.25) is 0 Å². The van der Waals surface area contributed by atoms with E-state index in [-0.39, 0.29) is 5.97 Å². The van der Waals surface area contributed by atoms with Crippen LogP contribution in [-0.2, 0) is 9.53 Å². The van der Waals surface area contributed by atoms with Crippen molar-refractivity contribution in [2.24, 2.45) is 0 Å². The van der Waals surface area contributed by atoms with Crippen LogP contribution in [-0.4, -0.2) is 25.7 Å². The van der Waals surface area contributed by atoms with Crippen LogP contribution in [0, 0.1) is 0 Å². The Morgan fingerprint density at radius 1 is 1.35 bits per heavy atom. The second-order valence-corrected chi connectivity index (χ2v) is 4.30. The molecule has 1 aromatic carbocycles. The Hall–Kier alpha value is -1.81. The molecule has 0 saturated carbocycles. The third-order valence-electron chi connectivity index (χ3n) is 2.67. The van der Waals surface area contributed by atoms with Crippen molar-refractivity contribution in [3.05, 3.63) is 42.5 Å². The largest absolute Gasteiger partial charge is 0.494 e. The fourth-order valence-electron chi connectivity index (χ4n) is 1.74. The van der Waals surface area contributed by atoms with Crippen LogP contribution in [0.25, 0.3) is 0 Å². The second-order valence-electron chi connectivity index (χ2n) is 4.30. The third-order valence-corrected chi connectivity index (χ3v) is 2.67. The molecular weight excluding hydrogens is 254 g/mol. The summed E-state index contributed by atoms with van der Waals surface area (Å²) in [4.78, 5) is 12.0. The van der Waals surface area contributed by atoms with Gasteiger partial charge in [0.2, 0.25) is 0 Å². The van der Waals surface area contributed by atoms with Crippen LogP contribution >= 0.6 is 0 Å². The molecule has 0 amide bonds. The molecule has 110 valence electrons. The van der Waals surface area contributed by atoms with E-state index in [9.17, 15) is 4.79 Å². The molecule has 0 aliphatic heterocycles. The molecule has 0 heterocycles. The van der Waals surface area contributed by atoms with Gasteiger partial charge < -0.3 is 9.47 Å². The summed E-state index contributed by atoms with van der Waals surface area (Å²) in [6.45, 7) is 9.09. The summed E-state index contributed by atoms with van der Waals surface area (Å²) >= 11 is 0. The van der Waals surface area contributed by atoms with Crippen molar-refractivity contribution in [2.75, 3.05) is 19.8 Å². The molecule has 0 aliphatic rings. The van der Waals surface area contributed by atoms with Gasteiger partial charge in [0.15, 0.2) is 0 Å². The lowest BCUT2D eigenvalue weighted by Gasteiger charge is -2.17. The molecule has 4 heteroatoms. The highest BCUT2D eigenvalue weighted by Gasteiger charge is 2.20. The number of benzene rings is 1. The first-order valence-corrected chi connectivity index (χ1v) is 6.96. The van der Waals surface area contributed by atoms with Crippen LogP contribution in [0.1, 0.15) is 31.9 Å². The standard InChI is InChI=1S/C16H23NO3/c1-4-11-17-15(16(18)19-6-3)13-7-9-14(10-8-13)20-12-5-2/h4,7-10,15,17H,1,5-6,11-12H2,2-3H3. The zero-order chi connectivity index (χ0) is 14.8. The van der Waals surface area contributed by atoms with Crippen molar-refractivity contribution in [1.82, 2.24) is 5.32 Å². The molecule has 20 heavy (non-hydrogen) atoms. The predicted octanol–water partition coefficient (Wildman–Crippen LogP) is 2.86. The first-order valence-electron chi connectivity index (χ1n) is 6.96. The normalized spacial score (nSPS) is 11.7. The Bertz CT molecular complexity index is 414. The highest BCUT2D eigenvalue weighted by Crippen LogP contribution is 2.19. The summed E-state index contributed by atoms with van der Waals surface area (Å²) < 4.78 is 10.6. The monoisotopic (exact) mass is 277 g/mol. The van der Waals surface area contributed by atoms with Crippen molar-refractivity contribution in [3.8, 4) is 5.75 Å². The summed E-state index contributed by atoms with van der Waals surface area (Å²) in [5.74, 6) is 0.526. The molecule has 0 radical (unpaired) electrons. The maximum absolute atomic E-state index is 12.0. The van der Waals surface area contributed by atoms with E-state index in [1.165, 1.54) is 0 Å². The van der Waals surface area contributed by atoms with Crippen LogP contribution in [0.3, 0.4) is 0 Å². The molecule has 0 aromatic heterocycles. The van der Waals surface area contributed by atoms with Crippen molar-refractivity contribution in [2.45, 2.75) is 26.3 Å². The minimum Gasteiger partial charge on any atom is -0.494 e. The van der Waals surface area contributed by atoms with Crippen LogP contribution in [0.5, 0.6) is 5.75 Å². The van der Waals surface area contributed by atoms with Crippen LogP contribution < -0.4 is 10.1 Å². The molecule has 1 atom stereocenters. The van der Waals surface area contributed by atoms with Gasteiger partial charge >= 0.3 is 5.97 Å². The van der Waals surface area contributed by atoms with Gasteiger partial charge in [-0.25, -0.2) is 4.79 Å². The summed E-state index contributed by atoms with van der Waals surface area (Å²) in [7, 11) is 0. The minimum absolute atomic E-state index is 0.281. The number of hydrogen-bond donors (Lipinski definition) is 1. The number of esters is 1. The molecule has 4 nitrogen and oxygen atoms in total. The van der Waals surface area contributed by atoms with Crippen molar-refractivity contribution >= 4 is 5.97 Å². The lowest BCUT2D eigenvalue weighted by Crippen LogP contribution is -2.30. The lowest BCUT2D eigenvalue weighted by molar-refractivity contribution is -0.145. The summed E-state index contributed by atoms with van der Waals surface area (Å²) in [5.41, 5.74) is 0.856. The molecule has 1 aromatic rings. The fraction of sp³-hybridized carbons (Fsp3) is 0.438. The Labute approximate surface area is 120 Å². The quantitative estimate of drug-likeness (QED) is 0.557. The van der Waals surface area contributed by atoms with E-state index in [1.807, 2.05) is 24.3 Å². The first-order chi connectivity index (χ1) is 9.72. The van der Waals surface area contributed by atoms with Crippen molar-refractivity contribution in [3.63, 3.8) is 0 Å². The van der Waals surface area contributed by atoms with E-state index < -0.39 is 6.04 Å². The Balaban J connectivity index is 2.78. The van der Waals surface area contributed by atoms with Gasteiger partial charge in [-0.05, 0) is 31.0 Å². The highest BCUT2D eigenvalue weighted by molar-refractivity contribution is 5.77. The van der Waals surface area contributed by atoms with E-state index >= 15 is 0 Å². The van der Waals surface area contributed by atoms with Crippen LogP contribution in [0.15, 0.2) is 36.9 Å². The van der Waals surface area contributed by atoms with Gasteiger partial charge in [-0.15, -0.1) is 6.58 Å². The van der Waals surface area contributed by atoms with Gasteiger partial charge in [0.25, 0.3) is 0 Å². The molecule has 0 fully saturated rings. The van der Waals surface area contributed by atoms with E-state index in [0.717, 1.165) is 17.7 Å². The molecule has 0 saturated heterocycles. The lowest BCUT2D eigenvalue weighted by atomic mass is 10.1. The predicted molar refractivity (Wildman–Crippen MR) is 79.8 cm³/mol. The number of carbonyl (C=O) groups is 1. The zero-order valence-electron chi connectivity index (χ0n) is 12.2. The average molecular weight is 277 g/mol. The van der Waals surface area contributed by atoms with Crippen molar-refractivity contribution < 1.29 is 14.3 Å². The molecule has 0 bridgehead atoms. The summed E-state index contributed by atoms with van der Waals surface area (Å²) in [6, 6.07) is 7.01. The van der Waals surface area contributed by atoms with E-state index in [0.29, 0.717) is 19.8 Å². The van der Waals surface area contributed by atoms with E-state index in [2.05, 4.69) is 18.8 Å². The van der Waals surface area contributed by atoms with Gasteiger partial charge in [0.1, 0.15) is 11.8 Å². The van der Waals surface area contributed by atoms with Gasteiger partial charge in [0, 0.05) is 6.54 Å². The third kappa shape index (κ3) is 5.05. The fourth-order valence-corrected chi connectivity index (χ4v) is 1.74. The number of ether oxygens (including phenoxy) is 2. The van der Waals surface area contributed by atoms with Gasteiger partial charge in [-0.2, -0.15) is 0 Å². The Morgan fingerprint density at radius 2 is 2.05 bits per heavy atom. The second kappa shape index (κ2) is 9.15. The SMILES string of the molecule is C=CCNC(C(=O)OCC)c1ccc(OCCC)cc1. The van der Waals surface area contributed by atoms with Gasteiger partial charge in [-0.3, -0.25) is 5.32 Å². The van der Waals surface area contributed by atoms with E-state index in [1.54, 1.807) is 13.0 Å². The maximum atomic E-state index is 12.0. The molecule has 0 aliphatic carbocycles. The summed E-state index contributed by atoms with van der Waals surface area (Å²) in [6.07, 6.45) is 2.68. The highest BCUT2D eigenvalue weighted by atomic mass is 16.5. The number of hydrogen-bond acceptors (Lipinski definition) is 4. The molecule has 1 rings (SSSR count). The van der Waals surface area contributed by atoms with E-state index in [4.69, 9.17) is 9.47 Å². The average Bonchev–Trinajstić information content (AvgIpc) is 2.47. The maximum Gasteiger partial charge on any atom is 0.327 e. The van der Waals surface area contributed by atoms with Gasteiger partial charge in [-0.1, -0.05) is 25.1 Å². The first kappa shape index (κ1) is 16.2. The number of nitrogens with one attached hydrogen (secondary N) is 1. The molecule has 1 unspecified atom stereocenters. The molecule has 0 spiro atoms. The smallest absolute Gasteiger partial charge is 0.327 e. The molecule has 1 N–H and O–H groups in total. The number of rotatable bonds is 9. The van der Waals surface area contributed by atoms with Crippen LogP contribution in [0.4, 0.5) is 0 Å². The molecular formula is C16H23NO3. The summed E-state index contributed by atoms with van der Waals surface area (Å²) in [5, 5.41) is 3.10. The Morgan fingerprint density at radius 3 is 2.60 bits per heavy atom. The van der Waals surface area contributed by atoms with Crippen molar-refractivity contribution in [1.29, 1.82) is 0 Å². The minimum atomic E-state index is -0.479. The topological polar surface area (TPSA) is 47.6 Å². The number of carbonyl (C=O) groups excluding carboxylic acids is 1. The zero-order valence-corrected chi connectivity index (χ0v) is 12.2. The van der Waals surface area contributed by atoms with Gasteiger partial charge in [0.05, 0.1) is 13.2 Å². The Kier molecular flexibility index (Phi) is 7.43.